The van der Waals surface area contributed by atoms with Gasteiger partial charge in [-0.3, -0.25) is 4.79 Å². The first kappa shape index (κ1) is 13.6. The quantitative estimate of drug-likeness (QED) is 0.843. The first-order valence-electron chi connectivity index (χ1n) is 4.80. The topological polar surface area (TPSA) is 29.1 Å². The monoisotopic (exact) mass is 279 g/mol. The molecule has 2 nitrogen and oxygen atoms in total. The molecule has 0 unspecified atom stereocenters. The van der Waals surface area contributed by atoms with Gasteiger partial charge < -0.3 is 5.32 Å². The molecule has 0 aromatic heterocycles. The Balaban J connectivity index is 2.61. The third-order valence-electron chi connectivity index (χ3n) is 2.13. The van der Waals surface area contributed by atoms with Crippen molar-refractivity contribution >= 4 is 40.7 Å². The highest BCUT2D eigenvalue weighted by Gasteiger charge is 2.20. The number of carbonyl (C=O) groups excluding carboxylic acids is 1. The second kappa shape index (κ2) is 6.33. The predicted molar refractivity (Wildman–Crippen MR) is 68.1 cm³/mol. The minimum Gasteiger partial charge on any atom is -0.349 e. The van der Waals surface area contributed by atoms with Gasteiger partial charge >= 0.3 is 0 Å². The van der Waals surface area contributed by atoms with E-state index in [1.165, 1.54) is 0 Å². The number of hydrogen-bond acceptors (Lipinski definition) is 1. The van der Waals surface area contributed by atoms with Crippen LogP contribution in [0.1, 0.15) is 17.9 Å². The standard InChI is InChI=1S/C11H12Cl3NO/c1-7(15-11(16)10(13)14)9(12)8-5-3-2-4-6-8/h2-7,9-10H,1H3,(H,15,16)/t7-,9-/m1/s1. The van der Waals surface area contributed by atoms with E-state index in [2.05, 4.69) is 5.32 Å². The molecule has 0 radical (unpaired) electrons. The van der Waals surface area contributed by atoms with Gasteiger partial charge in [0.15, 0.2) is 4.84 Å². The maximum Gasteiger partial charge on any atom is 0.253 e. The van der Waals surface area contributed by atoms with Gasteiger partial charge in [-0.05, 0) is 12.5 Å². The first-order valence-corrected chi connectivity index (χ1v) is 6.11. The Morgan fingerprint density at radius 3 is 2.25 bits per heavy atom. The Hall–Kier alpha value is -0.440. The van der Waals surface area contributed by atoms with Gasteiger partial charge in [-0.25, -0.2) is 0 Å². The number of carbonyl (C=O) groups is 1. The summed E-state index contributed by atoms with van der Waals surface area (Å²) < 4.78 is 0. The van der Waals surface area contributed by atoms with Crippen molar-refractivity contribution in [2.75, 3.05) is 0 Å². The molecule has 0 saturated carbocycles. The van der Waals surface area contributed by atoms with E-state index in [1.807, 2.05) is 30.3 Å². The molecule has 2 atom stereocenters. The van der Waals surface area contributed by atoms with Crippen LogP contribution < -0.4 is 5.32 Å². The van der Waals surface area contributed by atoms with Crippen LogP contribution in [0.4, 0.5) is 0 Å². The Morgan fingerprint density at radius 2 is 1.75 bits per heavy atom. The lowest BCUT2D eigenvalue weighted by molar-refractivity contribution is -0.120. The van der Waals surface area contributed by atoms with Crippen LogP contribution >= 0.6 is 34.8 Å². The fraction of sp³-hybridized carbons (Fsp3) is 0.364. The lowest BCUT2D eigenvalue weighted by Gasteiger charge is -2.20. The van der Waals surface area contributed by atoms with Crippen LogP contribution in [0, 0.1) is 0 Å². The summed E-state index contributed by atoms with van der Waals surface area (Å²) in [5.41, 5.74) is 0.942. The summed E-state index contributed by atoms with van der Waals surface area (Å²) >= 11 is 17.1. The Labute approximate surface area is 110 Å². The van der Waals surface area contributed by atoms with E-state index in [0.717, 1.165) is 5.56 Å². The van der Waals surface area contributed by atoms with Crippen molar-refractivity contribution in [2.45, 2.75) is 23.2 Å². The molecule has 0 aliphatic rings. The molecule has 1 aromatic rings. The zero-order chi connectivity index (χ0) is 12.1. The molecule has 1 N–H and O–H groups in total. The van der Waals surface area contributed by atoms with Gasteiger partial charge in [0.25, 0.3) is 5.91 Å². The van der Waals surface area contributed by atoms with Crippen molar-refractivity contribution in [1.82, 2.24) is 5.32 Å². The molecule has 1 amide bonds. The number of alkyl halides is 3. The fourth-order valence-electron chi connectivity index (χ4n) is 1.29. The summed E-state index contributed by atoms with van der Waals surface area (Å²) in [7, 11) is 0. The van der Waals surface area contributed by atoms with Gasteiger partial charge in [-0.1, -0.05) is 53.5 Å². The van der Waals surface area contributed by atoms with Crippen LogP contribution in [0.25, 0.3) is 0 Å². The Morgan fingerprint density at radius 1 is 1.19 bits per heavy atom. The normalized spacial score (nSPS) is 14.6. The third kappa shape index (κ3) is 3.85. The van der Waals surface area contributed by atoms with E-state index in [-0.39, 0.29) is 11.4 Å². The molecule has 16 heavy (non-hydrogen) atoms. The molecule has 0 aliphatic heterocycles. The van der Waals surface area contributed by atoms with Gasteiger partial charge in [0.05, 0.1) is 5.38 Å². The van der Waals surface area contributed by atoms with E-state index >= 15 is 0 Å². The number of benzene rings is 1. The highest BCUT2D eigenvalue weighted by Crippen LogP contribution is 2.24. The second-order valence-corrected chi connectivity index (χ2v) is 4.98. The SMILES string of the molecule is C[C@@H](NC(=O)C(Cl)Cl)[C@@H](Cl)c1ccccc1. The van der Waals surface area contributed by atoms with Crippen molar-refractivity contribution in [3.63, 3.8) is 0 Å². The average molecular weight is 281 g/mol. The second-order valence-electron chi connectivity index (χ2n) is 3.41. The number of nitrogens with one attached hydrogen (secondary N) is 1. The molecule has 0 aliphatic carbocycles. The predicted octanol–water partition coefficient (Wildman–Crippen LogP) is 3.27. The van der Waals surface area contributed by atoms with E-state index in [4.69, 9.17) is 34.8 Å². The molecular weight excluding hydrogens is 268 g/mol. The largest absolute Gasteiger partial charge is 0.349 e. The lowest BCUT2D eigenvalue weighted by atomic mass is 10.1. The van der Waals surface area contributed by atoms with Crippen LogP contribution in [0.3, 0.4) is 0 Å². The molecule has 0 bridgehead atoms. The molecule has 5 heteroatoms. The minimum atomic E-state index is -1.07. The van der Waals surface area contributed by atoms with Gasteiger partial charge in [0, 0.05) is 6.04 Å². The number of rotatable bonds is 4. The van der Waals surface area contributed by atoms with Gasteiger partial charge in [-0.15, -0.1) is 11.6 Å². The molecule has 1 rings (SSSR count). The summed E-state index contributed by atoms with van der Waals surface area (Å²) in [6.07, 6.45) is 0. The van der Waals surface area contributed by atoms with E-state index in [1.54, 1.807) is 6.92 Å². The summed E-state index contributed by atoms with van der Waals surface area (Å²) in [5, 5.41) is 2.33. The van der Waals surface area contributed by atoms with Crippen molar-refractivity contribution in [3.05, 3.63) is 35.9 Å². The van der Waals surface area contributed by atoms with Crippen LogP contribution in [-0.2, 0) is 4.79 Å². The van der Waals surface area contributed by atoms with Crippen molar-refractivity contribution < 1.29 is 4.79 Å². The van der Waals surface area contributed by atoms with Crippen LogP contribution in [0.2, 0.25) is 0 Å². The summed E-state index contributed by atoms with van der Waals surface area (Å²) in [4.78, 5) is 10.2. The zero-order valence-corrected chi connectivity index (χ0v) is 10.9. The smallest absolute Gasteiger partial charge is 0.253 e. The zero-order valence-electron chi connectivity index (χ0n) is 8.66. The number of amides is 1. The van der Waals surface area contributed by atoms with Crippen LogP contribution in [-0.4, -0.2) is 16.8 Å². The van der Waals surface area contributed by atoms with Crippen LogP contribution in [0.15, 0.2) is 30.3 Å². The van der Waals surface area contributed by atoms with Crippen LogP contribution in [0.5, 0.6) is 0 Å². The average Bonchev–Trinajstić information content (AvgIpc) is 2.28. The highest BCUT2D eigenvalue weighted by atomic mass is 35.5. The lowest BCUT2D eigenvalue weighted by Crippen LogP contribution is -2.38. The van der Waals surface area contributed by atoms with Crippen molar-refractivity contribution in [3.8, 4) is 0 Å². The molecule has 0 spiro atoms. The molecule has 0 heterocycles. The van der Waals surface area contributed by atoms with Crippen molar-refractivity contribution in [2.24, 2.45) is 0 Å². The maximum atomic E-state index is 11.3. The Kier molecular flexibility index (Phi) is 5.39. The number of halogens is 3. The van der Waals surface area contributed by atoms with Gasteiger partial charge in [-0.2, -0.15) is 0 Å². The minimum absolute atomic E-state index is 0.239. The third-order valence-corrected chi connectivity index (χ3v) is 3.15. The first-order chi connectivity index (χ1) is 7.52. The highest BCUT2D eigenvalue weighted by molar-refractivity contribution is 6.53. The molecule has 0 fully saturated rings. The van der Waals surface area contributed by atoms with Gasteiger partial charge in [0.1, 0.15) is 0 Å². The fourth-order valence-corrected chi connectivity index (χ4v) is 1.62. The summed E-state index contributed by atoms with van der Waals surface area (Å²) in [5.74, 6) is -0.433. The summed E-state index contributed by atoms with van der Waals surface area (Å²) in [6, 6.07) is 9.26. The summed E-state index contributed by atoms with van der Waals surface area (Å²) in [6.45, 7) is 1.80. The van der Waals surface area contributed by atoms with E-state index < -0.39 is 10.7 Å². The molecular formula is C11H12Cl3NO. The van der Waals surface area contributed by atoms with Crippen molar-refractivity contribution in [1.29, 1.82) is 0 Å². The van der Waals surface area contributed by atoms with E-state index in [0.29, 0.717) is 0 Å². The number of hydrogen-bond donors (Lipinski definition) is 1. The molecule has 88 valence electrons. The Bertz CT molecular complexity index is 342. The molecule has 1 aromatic carbocycles. The molecule has 0 saturated heterocycles. The van der Waals surface area contributed by atoms with E-state index in [9.17, 15) is 4.79 Å². The van der Waals surface area contributed by atoms with Gasteiger partial charge in [0.2, 0.25) is 0 Å². The maximum absolute atomic E-state index is 11.3.